The molecule has 0 aliphatic carbocycles. The van der Waals surface area contributed by atoms with Gasteiger partial charge in [-0.2, -0.15) is 41.2 Å². The van der Waals surface area contributed by atoms with Gasteiger partial charge in [0.25, 0.3) is 10.1 Å². The summed E-state index contributed by atoms with van der Waals surface area (Å²) in [5, 5.41) is 38.5. The number of halogens is 1. The third kappa shape index (κ3) is 19.3. The zero-order valence-electron chi connectivity index (χ0n) is 33.5. The van der Waals surface area contributed by atoms with E-state index in [-0.39, 0.29) is 161 Å². The third-order valence-electron chi connectivity index (χ3n) is 7.05. The minimum atomic E-state index is -5.18. The quantitative estimate of drug-likeness (QED) is 0.00545. The first-order valence-electron chi connectivity index (χ1n) is 16.2. The molecule has 0 aliphatic heterocycles. The van der Waals surface area contributed by atoms with Gasteiger partial charge in [0.05, 0.1) is 57.9 Å². The van der Waals surface area contributed by atoms with E-state index < -0.39 is 82.7 Å². The fourth-order valence-electron chi connectivity index (χ4n) is 4.62. The average Bonchev–Trinajstić information content (AvgIpc) is 3.19. The van der Waals surface area contributed by atoms with Gasteiger partial charge in [-0.25, -0.2) is 21.0 Å². The van der Waals surface area contributed by atoms with Crippen LogP contribution in [0, 0.1) is 0 Å². The van der Waals surface area contributed by atoms with Crippen molar-refractivity contribution in [1.29, 1.82) is 0 Å². The Balaban J connectivity index is 0.00000499. The van der Waals surface area contributed by atoms with Crippen LogP contribution in [0.15, 0.2) is 91.6 Å². The molecule has 0 fully saturated rings. The monoisotopic (exact) mass is 1080 g/mol. The maximum absolute atomic E-state index is 12.5. The van der Waals surface area contributed by atoms with Crippen molar-refractivity contribution in [3.63, 3.8) is 0 Å². The summed E-state index contributed by atoms with van der Waals surface area (Å²) in [7, 11) is -19.3. The van der Waals surface area contributed by atoms with E-state index in [0.717, 1.165) is 24.3 Å². The Hall–Kier alpha value is -1.66. The smallest absolute Gasteiger partial charge is 0.744 e. The number of nitrogens with zero attached hydrogens (tertiary/aromatic N) is 5. The Morgan fingerprint density at radius 1 is 0.742 bits per heavy atom. The molecule has 0 unspecified atom stereocenters. The molecule has 340 valence electrons. The van der Waals surface area contributed by atoms with Crippen LogP contribution in [0.5, 0.6) is 11.5 Å². The summed E-state index contributed by atoms with van der Waals surface area (Å²) >= 11 is 7.02. The molecule has 0 atom stereocenters. The maximum Gasteiger partial charge on any atom is 1.00 e. The van der Waals surface area contributed by atoms with Crippen molar-refractivity contribution in [3.8, 4) is 11.5 Å². The summed E-state index contributed by atoms with van der Waals surface area (Å²) in [6, 6.07) is 13.1. The van der Waals surface area contributed by atoms with Crippen molar-refractivity contribution in [2.45, 2.75) is 14.7 Å². The molecule has 5 aromatic rings. The first kappa shape index (κ1) is 60.5. The van der Waals surface area contributed by atoms with Gasteiger partial charge < -0.3 is 35.0 Å². The minimum absolute atomic E-state index is 0. The molecule has 4 N–H and O–H groups in total. The predicted molar refractivity (Wildman–Crippen MR) is 211 cm³/mol. The number of azo groups is 1. The van der Waals surface area contributed by atoms with Crippen molar-refractivity contribution in [3.05, 3.63) is 72.0 Å². The Kier molecular flexibility index (Phi) is 24.8. The van der Waals surface area contributed by atoms with Crippen LogP contribution in [-0.4, -0.2) is 93.0 Å². The van der Waals surface area contributed by atoms with Crippen LogP contribution in [0.4, 0.5) is 34.6 Å². The Labute approximate surface area is 453 Å². The number of anilines is 4. The van der Waals surface area contributed by atoms with E-state index in [2.05, 4.69) is 57.7 Å². The van der Waals surface area contributed by atoms with Gasteiger partial charge in [0.15, 0.2) is 11.5 Å². The molecule has 4 aromatic carbocycles. The molecule has 0 amide bonds. The Morgan fingerprint density at radius 3 is 1.98 bits per heavy atom. The fourth-order valence-corrected chi connectivity index (χ4v) is 7.72. The van der Waals surface area contributed by atoms with Crippen LogP contribution >= 0.6 is 35.7 Å². The number of fused-ring (bicyclic) bond motifs is 1. The Morgan fingerprint density at radius 2 is 1.38 bits per heavy atom. The van der Waals surface area contributed by atoms with E-state index in [1.54, 1.807) is 0 Å². The SMILES string of the molecule is O=S(=O)([O-])OCCSOOc1ccc(N=Nc2c(SOO[O-])cc3cc(S(=O)(=O)[O-])cc(Nc4nc(Cl)nc(Nc5ccc(S(=O)(=O)OCCOS(=O)(=O)O)cc5)n4)c3c2O)cc1.[Na+].[Na+].[Na+]. The van der Waals surface area contributed by atoms with Crippen molar-refractivity contribution in [1.82, 2.24) is 15.0 Å². The first-order valence-corrected chi connectivity index (χ1v) is 23.7. The number of phenols is 1. The van der Waals surface area contributed by atoms with Gasteiger partial charge in [0, 0.05) is 28.9 Å². The second-order valence-electron chi connectivity index (χ2n) is 11.3. The summed E-state index contributed by atoms with van der Waals surface area (Å²) in [5.74, 6) is -1.30. The van der Waals surface area contributed by atoms with Crippen LogP contribution in [-0.2, 0) is 67.3 Å². The molecule has 66 heavy (non-hydrogen) atoms. The number of hydrogen-bond acceptors (Lipinski definition) is 28. The molecule has 0 saturated carbocycles. The first-order chi connectivity index (χ1) is 29.6. The number of aromatic nitrogens is 3. The van der Waals surface area contributed by atoms with E-state index in [1.165, 1.54) is 42.5 Å². The average molecular weight is 1090 g/mol. The summed E-state index contributed by atoms with van der Waals surface area (Å²) in [6.45, 7) is -2.01. The van der Waals surface area contributed by atoms with Crippen molar-refractivity contribution >= 4 is 122 Å². The number of aromatic hydroxyl groups is 1. The van der Waals surface area contributed by atoms with Crippen LogP contribution in [0.1, 0.15) is 0 Å². The zero-order chi connectivity index (χ0) is 46.0. The number of hydrogen-bond donors (Lipinski definition) is 4. The number of rotatable bonds is 23. The largest absolute Gasteiger partial charge is 1.00 e. The van der Waals surface area contributed by atoms with Crippen molar-refractivity contribution in [2.75, 3.05) is 36.2 Å². The van der Waals surface area contributed by atoms with Gasteiger partial charge in [-0.1, -0.05) is 0 Å². The second kappa shape index (κ2) is 27.1. The van der Waals surface area contributed by atoms with Crippen molar-refractivity contribution in [2.24, 2.45) is 10.2 Å². The van der Waals surface area contributed by atoms with E-state index in [0.29, 0.717) is 12.0 Å². The van der Waals surface area contributed by atoms with Gasteiger partial charge in [-0.3, -0.25) is 18.0 Å². The van der Waals surface area contributed by atoms with E-state index in [1.807, 2.05) is 0 Å². The van der Waals surface area contributed by atoms with Gasteiger partial charge in [0.2, 0.25) is 27.6 Å². The molecule has 0 saturated heterocycles. The maximum atomic E-state index is 12.5. The molecule has 5 rings (SSSR count). The summed E-state index contributed by atoms with van der Waals surface area (Å²) in [4.78, 5) is 15.7. The van der Waals surface area contributed by atoms with Crippen LogP contribution < -0.4 is 109 Å². The topological polar surface area (TPSA) is 398 Å². The molecule has 0 bridgehead atoms. The molecular weight excluding hydrogens is 1060 g/mol. The van der Waals surface area contributed by atoms with Crippen molar-refractivity contribution < 1.29 is 178 Å². The molecule has 0 radical (unpaired) electrons. The summed E-state index contributed by atoms with van der Waals surface area (Å²) in [6.07, 6.45) is 0. The molecular formula is C29H23ClN7Na3O20S6. The van der Waals surface area contributed by atoms with E-state index >= 15 is 0 Å². The van der Waals surface area contributed by atoms with E-state index in [4.69, 9.17) is 25.4 Å². The zero-order valence-corrected chi connectivity index (χ0v) is 45.1. The van der Waals surface area contributed by atoms with Gasteiger partial charge >= 0.3 is 99.1 Å². The molecule has 27 nitrogen and oxygen atoms in total. The molecule has 0 spiro atoms. The van der Waals surface area contributed by atoms with E-state index in [9.17, 15) is 53.1 Å². The molecule has 1 heterocycles. The molecule has 0 aliphatic rings. The number of nitrogens with one attached hydrogen (secondary N) is 2. The van der Waals surface area contributed by atoms with Crippen LogP contribution in [0.2, 0.25) is 5.28 Å². The normalized spacial score (nSPS) is 12.0. The summed E-state index contributed by atoms with van der Waals surface area (Å²) < 4.78 is 145. The number of phenolic OH excluding ortho intramolecular Hbond substituents is 1. The predicted octanol–water partition coefficient (Wildman–Crippen LogP) is -5.61. The second-order valence-corrected chi connectivity index (χ2v) is 18.3. The standard InChI is InChI=1S/C29H26ClN7O20S6.3Na/c30-27-33-28(31-17-3-7-20(8-4-17)61(43,44)51-9-10-52-62(45,46)47)35-29(34-27)32-22-15-21(60(40,41)42)13-16-14-23(59-57-55-39)25(26(38)24(16)22)37-36-18-1-5-19(6-2-18)54-56-58-12-11-53-63(48,49)50;;;/h1-8,13-15,38-39H,9-12H2,(H,40,41,42)(H,45,46,47)(H,48,49,50)(H2,31,32,33,34,35);;;/q;3*+1/p-3. The third-order valence-corrected chi connectivity index (χ3v) is 11.4. The fraction of sp³-hybridized carbons (Fsp3) is 0.138. The van der Waals surface area contributed by atoms with Crippen LogP contribution in [0.3, 0.4) is 0 Å². The van der Waals surface area contributed by atoms with Gasteiger partial charge in [-0.05, 0) is 83.7 Å². The summed E-state index contributed by atoms with van der Waals surface area (Å²) in [5.41, 5.74) is -0.344. The van der Waals surface area contributed by atoms with Gasteiger partial charge in [0.1, 0.15) is 15.8 Å². The molecule has 1 aromatic heterocycles. The Bertz CT molecular complexity index is 2940. The van der Waals surface area contributed by atoms with Crippen LogP contribution in [0.25, 0.3) is 10.8 Å². The minimum Gasteiger partial charge on any atom is -0.744 e. The number of benzene rings is 4. The molecule has 37 heteroatoms. The van der Waals surface area contributed by atoms with Gasteiger partial charge in [-0.15, -0.1) is 9.45 Å².